The molecule has 0 amide bonds. The third-order valence-corrected chi connectivity index (χ3v) is 1.78. The van der Waals surface area contributed by atoms with Crippen LogP contribution in [-0.2, 0) is 0 Å². The second kappa shape index (κ2) is 4.66. The van der Waals surface area contributed by atoms with Crippen molar-refractivity contribution in [3.63, 3.8) is 0 Å². The normalized spacial score (nSPS) is 15.0. The lowest BCUT2D eigenvalue weighted by atomic mass is 9.91. The number of aliphatic hydroxyl groups is 3. The van der Waals surface area contributed by atoms with Crippen LogP contribution in [0, 0.1) is 5.41 Å². The highest BCUT2D eigenvalue weighted by molar-refractivity contribution is 4.78. The van der Waals surface area contributed by atoms with Crippen LogP contribution in [0.25, 0.3) is 0 Å². The molecule has 0 fully saturated rings. The van der Waals surface area contributed by atoms with Crippen molar-refractivity contribution >= 4 is 0 Å². The molecule has 0 aliphatic carbocycles. The van der Waals surface area contributed by atoms with Gasteiger partial charge in [-0.1, -0.05) is 13.8 Å². The second-order valence-corrected chi connectivity index (χ2v) is 2.93. The number of rotatable bonds is 5. The molecule has 4 heteroatoms. The van der Waals surface area contributed by atoms with Gasteiger partial charge >= 0.3 is 0 Å². The molecular weight excluding hydrogens is 146 g/mol. The molecule has 1 unspecified atom stereocenters. The van der Waals surface area contributed by atoms with Gasteiger partial charge in [-0.05, 0) is 6.54 Å². The molecule has 11 heavy (non-hydrogen) atoms. The Morgan fingerprint density at radius 3 is 2.09 bits per heavy atom. The summed E-state index contributed by atoms with van der Waals surface area (Å²) in [5, 5.41) is 29.7. The minimum atomic E-state index is -0.859. The minimum Gasteiger partial charge on any atom is -0.396 e. The first-order valence-corrected chi connectivity index (χ1v) is 3.74. The van der Waals surface area contributed by atoms with Crippen LogP contribution in [0.15, 0.2) is 0 Å². The summed E-state index contributed by atoms with van der Waals surface area (Å²) in [4.78, 5) is 0. The first-order valence-electron chi connectivity index (χ1n) is 3.74. The predicted octanol–water partition coefficient (Wildman–Crippen LogP) is -1.09. The first kappa shape index (κ1) is 10.8. The molecule has 4 nitrogen and oxygen atoms in total. The van der Waals surface area contributed by atoms with Gasteiger partial charge in [-0.3, -0.25) is 5.32 Å². The maximum absolute atomic E-state index is 9.34. The van der Waals surface area contributed by atoms with E-state index in [1.807, 2.05) is 6.92 Å². The van der Waals surface area contributed by atoms with E-state index in [1.165, 1.54) is 0 Å². The van der Waals surface area contributed by atoms with E-state index in [0.29, 0.717) is 6.54 Å². The third kappa shape index (κ3) is 2.75. The zero-order valence-corrected chi connectivity index (χ0v) is 7.04. The van der Waals surface area contributed by atoms with Gasteiger partial charge in [0.25, 0.3) is 0 Å². The highest BCUT2D eigenvalue weighted by Crippen LogP contribution is 2.17. The molecule has 0 radical (unpaired) electrons. The van der Waals surface area contributed by atoms with E-state index in [4.69, 9.17) is 10.2 Å². The van der Waals surface area contributed by atoms with Crippen molar-refractivity contribution < 1.29 is 15.3 Å². The van der Waals surface area contributed by atoms with Crippen molar-refractivity contribution in [1.29, 1.82) is 0 Å². The molecule has 0 aliphatic rings. The Morgan fingerprint density at radius 1 is 1.36 bits per heavy atom. The third-order valence-electron chi connectivity index (χ3n) is 1.78. The molecule has 1 atom stereocenters. The molecule has 0 bridgehead atoms. The molecule has 0 spiro atoms. The minimum absolute atomic E-state index is 0.238. The summed E-state index contributed by atoms with van der Waals surface area (Å²) in [7, 11) is 0. The molecule has 0 aliphatic heterocycles. The van der Waals surface area contributed by atoms with E-state index < -0.39 is 11.6 Å². The standard InChI is InChI=1S/C7H17NO3/c1-3-8-6(11)7(2,4-9)5-10/h6,8-11H,3-5H2,1-2H3. The lowest BCUT2D eigenvalue weighted by Gasteiger charge is -2.30. The van der Waals surface area contributed by atoms with Crippen molar-refractivity contribution in [2.75, 3.05) is 19.8 Å². The summed E-state index contributed by atoms with van der Waals surface area (Å²) in [6.07, 6.45) is -0.859. The highest BCUT2D eigenvalue weighted by Gasteiger charge is 2.30. The van der Waals surface area contributed by atoms with Crippen LogP contribution in [0.4, 0.5) is 0 Å². The molecule has 0 aromatic rings. The number of nitrogens with one attached hydrogen (secondary N) is 1. The van der Waals surface area contributed by atoms with Crippen LogP contribution < -0.4 is 5.32 Å². The summed E-state index contributed by atoms with van der Waals surface area (Å²) in [6, 6.07) is 0. The fourth-order valence-electron chi connectivity index (χ4n) is 0.663. The van der Waals surface area contributed by atoms with Crippen LogP contribution in [0.1, 0.15) is 13.8 Å². The van der Waals surface area contributed by atoms with Crippen LogP contribution in [0.5, 0.6) is 0 Å². The maximum atomic E-state index is 9.34. The van der Waals surface area contributed by atoms with Gasteiger partial charge in [0.15, 0.2) is 0 Å². The molecule has 0 saturated carbocycles. The van der Waals surface area contributed by atoms with E-state index in [9.17, 15) is 5.11 Å². The lowest BCUT2D eigenvalue weighted by molar-refractivity contribution is -0.0562. The van der Waals surface area contributed by atoms with Crippen LogP contribution in [-0.4, -0.2) is 41.3 Å². The predicted molar refractivity (Wildman–Crippen MR) is 42.0 cm³/mol. The molecule has 0 rings (SSSR count). The highest BCUT2D eigenvalue weighted by atomic mass is 16.3. The van der Waals surface area contributed by atoms with Crippen molar-refractivity contribution in [2.24, 2.45) is 5.41 Å². The average Bonchev–Trinajstić information content (AvgIpc) is 2.03. The summed E-state index contributed by atoms with van der Waals surface area (Å²) in [5.41, 5.74) is -0.851. The van der Waals surface area contributed by atoms with E-state index in [2.05, 4.69) is 5.32 Å². The molecule has 0 aromatic heterocycles. The zero-order chi connectivity index (χ0) is 8.91. The maximum Gasteiger partial charge on any atom is 0.114 e. The van der Waals surface area contributed by atoms with Crippen LogP contribution >= 0.6 is 0 Å². The van der Waals surface area contributed by atoms with E-state index in [1.54, 1.807) is 6.92 Å². The number of hydrogen-bond donors (Lipinski definition) is 4. The Labute approximate surface area is 66.9 Å². The van der Waals surface area contributed by atoms with Crippen molar-refractivity contribution in [2.45, 2.75) is 20.1 Å². The fourth-order valence-corrected chi connectivity index (χ4v) is 0.663. The lowest BCUT2D eigenvalue weighted by Crippen LogP contribution is -2.48. The van der Waals surface area contributed by atoms with Gasteiger partial charge in [-0.2, -0.15) is 0 Å². The number of aliphatic hydroxyl groups excluding tert-OH is 3. The monoisotopic (exact) mass is 163 g/mol. The Hall–Kier alpha value is -0.160. The van der Waals surface area contributed by atoms with E-state index in [0.717, 1.165) is 0 Å². The van der Waals surface area contributed by atoms with Crippen LogP contribution in [0.2, 0.25) is 0 Å². The SMILES string of the molecule is CCNC(O)C(C)(CO)CO. The van der Waals surface area contributed by atoms with E-state index in [-0.39, 0.29) is 13.2 Å². The van der Waals surface area contributed by atoms with Crippen molar-refractivity contribution in [3.05, 3.63) is 0 Å². The average molecular weight is 163 g/mol. The topological polar surface area (TPSA) is 72.7 Å². The number of hydrogen-bond acceptors (Lipinski definition) is 4. The summed E-state index contributed by atoms with van der Waals surface area (Å²) in [5.74, 6) is 0. The van der Waals surface area contributed by atoms with Gasteiger partial charge in [0.2, 0.25) is 0 Å². The fraction of sp³-hybridized carbons (Fsp3) is 1.00. The largest absolute Gasteiger partial charge is 0.396 e. The Bertz CT molecular complexity index is 104. The van der Waals surface area contributed by atoms with Crippen molar-refractivity contribution in [3.8, 4) is 0 Å². The summed E-state index contributed by atoms with van der Waals surface area (Å²) in [6.45, 7) is 3.59. The second-order valence-electron chi connectivity index (χ2n) is 2.93. The van der Waals surface area contributed by atoms with Crippen molar-refractivity contribution in [1.82, 2.24) is 5.32 Å². The Morgan fingerprint density at radius 2 is 1.82 bits per heavy atom. The van der Waals surface area contributed by atoms with Crippen LogP contribution in [0.3, 0.4) is 0 Å². The van der Waals surface area contributed by atoms with Gasteiger partial charge in [-0.15, -0.1) is 0 Å². The molecule has 68 valence electrons. The Kier molecular flexibility index (Phi) is 4.60. The van der Waals surface area contributed by atoms with Gasteiger partial charge in [0.05, 0.1) is 18.6 Å². The first-order chi connectivity index (χ1) is 5.10. The summed E-state index contributed by atoms with van der Waals surface area (Å²) >= 11 is 0. The summed E-state index contributed by atoms with van der Waals surface area (Å²) < 4.78 is 0. The molecule has 4 N–H and O–H groups in total. The van der Waals surface area contributed by atoms with E-state index >= 15 is 0 Å². The van der Waals surface area contributed by atoms with Gasteiger partial charge in [-0.25, -0.2) is 0 Å². The van der Waals surface area contributed by atoms with Gasteiger partial charge in [0.1, 0.15) is 6.23 Å². The Balaban J connectivity index is 4.00. The quantitative estimate of drug-likeness (QED) is 0.388. The molecule has 0 saturated heterocycles. The smallest absolute Gasteiger partial charge is 0.114 e. The molecule has 0 heterocycles. The van der Waals surface area contributed by atoms with Gasteiger partial charge < -0.3 is 15.3 Å². The molecular formula is C7H17NO3. The van der Waals surface area contributed by atoms with Gasteiger partial charge in [0, 0.05) is 0 Å². The molecule has 0 aromatic carbocycles. The zero-order valence-electron chi connectivity index (χ0n) is 7.04.